The van der Waals surface area contributed by atoms with Crippen molar-refractivity contribution in [1.29, 1.82) is 0 Å². The van der Waals surface area contributed by atoms with Crippen molar-refractivity contribution < 1.29 is 9.90 Å². The Bertz CT molecular complexity index is 611. The van der Waals surface area contributed by atoms with Crippen LogP contribution in [-0.2, 0) is 6.54 Å². The van der Waals surface area contributed by atoms with E-state index >= 15 is 0 Å². The summed E-state index contributed by atoms with van der Waals surface area (Å²) in [5.41, 5.74) is 0.332. The van der Waals surface area contributed by atoms with Gasteiger partial charge in [0.1, 0.15) is 0 Å². The van der Waals surface area contributed by atoms with E-state index in [9.17, 15) is 9.90 Å². The summed E-state index contributed by atoms with van der Waals surface area (Å²) < 4.78 is 1.67. The van der Waals surface area contributed by atoms with E-state index in [-0.39, 0.29) is 24.5 Å². The number of aliphatic hydroxyl groups excluding tert-OH is 1. The maximum Gasteiger partial charge on any atom is 0.273 e. The number of carbonyl (C=O) groups is 1. The van der Waals surface area contributed by atoms with E-state index in [0.29, 0.717) is 12.2 Å². The van der Waals surface area contributed by atoms with E-state index in [0.717, 1.165) is 25.7 Å². The first-order valence-corrected chi connectivity index (χ1v) is 8.48. The van der Waals surface area contributed by atoms with Crippen molar-refractivity contribution in [3.05, 3.63) is 34.3 Å². The van der Waals surface area contributed by atoms with Gasteiger partial charge in [-0.2, -0.15) is 0 Å². The fourth-order valence-corrected chi connectivity index (χ4v) is 3.60. The number of rotatable bonds is 5. The predicted molar refractivity (Wildman–Crippen MR) is 83.7 cm³/mol. The lowest BCUT2D eigenvalue weighted by Crippen LogP contribution is -2.43. The zero-order valence-electron chi connectivity index (χ0n) is 12.3. The third kappa shape index (κ3) is 3.53. The van der Waals surface area contributed by atoms with Crippen molar-refractivity contribution in [2.45, 2.75) is 38.3 Å². The number of aliphatic hydroxyl groups is 1. The van der Waals surface area contributed by atoms with Crippen molar-refractivity contribution in [3.8, 4) is 0 Å². The van der Waals surface area contributed by atoms with Gasteiger partial charge in [0.25, 0.3) is 5.91 Å². The molecule has 2 unspecified atom stereocenters. The zero-order valence-corrected chi connectivity index (χ0v) is 13.1. The lowest BCUT2D eigenvalue weighted by atomic mass is 9.85. The van der Waals surface area contributed by atoms with Crippen LogP contribution in [0.2, 0.25) is 0 Å². The van der Waals surface area contributed by atoms with Gasteiger partial charge < -0.3 is 10.4 Å². The number of amides is 1. The molecule has 0 aromatic carbocycles. The first-order valence-electron chi connectivity index (χ1n) is 7.60. The molecule has 22 heavy (non-hydrogen) atoms. The van der Waals surface area contributed by atoms with E-state index in [1.807, 2.05) is 17.5 Å². The highest BCUT2D eigenvalue weighted by Gasteiger charge is 2.26. The van der Waals surface area contributed by atoms with Gasteiger partial charge in [0.2, 0.25) is 0 Å². The average Bonchev–Trinajstić information content (AvgIpc) is 3.20. The monoisotopic (exact) mass is 320 g/mol. The smallest absolute Gasteiger partial charge is 0.273 e. The number of aromatic nitrogens is 3. The highest BCUT2D eigenvalue weighted by atomic mass is 32.1. The molecule has 3 rings (SSSR count). The minimum Gasteiger partial charge on any atom is -0.396 e. The number of thiophene rings is 1. The maximum absolute atomic E-state index is 12.3. The fourth-order valence-electron chi connectivity index (χ4n) is 2.90. The second-order valence-electron chi connectivity index (χ2n) is 5.69. The van der Waals surface area contributed by atoms with E-state index in [1.54, 1.807) is 22.2 Å². The van der Waals surface area contributed by atoms with E-state index in [1.165, 1.54) is 4.88 Å². The molecule has 1 fully saturated rings. The highest BCUT2D eigenvalue weighted by molar-refractivity contribution is 7.09. The zero-order chi connectivity index (χ0) is 15.4. The Morgan fingerprint density at radius 3 is 3.09 bits per heavy atom. The number of hydrogen-bond donors (Lipinski definition) is 2. The van der Waals surface area contributed by atoms with Gasteiger partial charge in [-0.1, -0.05) is 24.1 Å². The second-order valence-corrected chi connectivity index (χ2v) is 6.72. The molecule has 1 aliphatic rings. The quantitative estimate of drug-likeness (QED) is 0.878. The summed E-state index contributed by atoms with van der Waals surface area (Å²) in [5.74, 6) is -0.0540. The Balaban J connectivity index is 1.61. The highest BCUT2D eigenvalue weighted by Crippen LogP contribution is 2.24. The molecule has 0 aliphatic heterocycles. The van der Waals surface area contributed by atoms with Crippen LogP contribution in [0.25, 0.3) is 0 Å². The molecule has 1 saturated carbocycles. The summed E-state index contributed by atoms with van der Waals surface area (Å²) in [6, 6.07) is 4.05. The first-order chi connectivity index (χ1) is 10.8. The Morgan fingerprint density at radius 1 is 1.45 bits per heavy atom. The molecule has 6 nitrogen and oxygen atoms in total. The van der Waals surface area contributed by atoms with Crippen molar-refractivity contribution in [1.82, 2.24) is 20.3 Å². The summed E-state index contributed by atoms with van der Waals surface area (Å²) in [5, 5.41) is 22.4. The molecule has 0 radical (unpaired) electrons. The van der Waals surface area contributed by atoms with Gasteiger partial charge in [0.15, 0.2) is 5.69 Å². The van der Waals surface area contributed by atoms with Gasteiger partial charge in [0, 0.05) is 23.4 Å². The third-order valence-electron chi connectivity index (χ3n) is 4.13. The van der Waals surface area contributed by atoms with Crippen LogP contribution < -0.4 is 5.32 Å². The van der Waals surface area contributed by atoms with Crippen LogP contribution in [0.5, 0.6) is 0 Å². The molecule has 118 valence electrons. The Labute approximate surface area is 133 Å². The van der Waals surface area contributed by atoms with Crippen molar-refractivity contribution in [2.75, 3.05) is 6.61 Å². The molecular formula is C15H20N4O2S. The van der Waals surface area contributed by atoms with Gasteiger partial charge >= 0.3 is 0 Å². The van der Waals surface area contributed by atoms with Crippen LogP contribution in [-0.4, -0.2) is 38.7 Å². The summed E-state index contributed by atoms with van der Waals surface area (Å²) in [6.45, 7) is 0.747. The minimum absolute atomic E-state index is 0.0358. The Hall–Kier alpha value is -1.73. The molecular weight excluding hydrogens is 300 g/mol. The maximum atomic E-state index is 12.3. The molecule has 2 aromatic heterocycles. The van der Waals surface area contributed by atoms with Gasteiger partial charge in [0.05, 0.1) is 12.7 Å². The van der Waals surface area contributed by atoms with E-state index in [2.05, 4.69) is 15.6 Å². The Kier molecular flexibility index (Phi) is 4.84. The molecule has 2 N–H and O–H groups in total. The lowest BCUT2D eigenvalue weighted by molar-refractivity contribution is 0.0867. The van der Waals surface area contributed by atoms with Crippen molar-refractivity contribution >= 4 is 17.2 Å². The molecule has 2 atom stereocenters. The third-order valence-corrected chi connectivity index (χ3v) is 4.99. The molecule has 2 heterocycles. The van der Waals surface area contributed by atoms with Crippen LogP contribution in [0.15, 0.2) is 23.7 Å². The molecule has 0 spiro atoms. The van der Waals surface area contributed by atoms with Crippen LogP contribution in [0.1, 0.15) is 41.0 Å². The number of carbonyl (C=O) groups excluding carboxylic acids is 1. The molecule has 0 saturated heterocycles. The van der Waals surface area contributed by atoms with E-state index in [4.69, 9.17) is 0 Å². The average molecular weight is 320 g/mol. The summed E-state index contributed by atoms with van der Waals surface area (Å²) in [7, 11) is 0. The van der Waals surface area contributed by atoms with Crippen LogP contribution in [0, 0.1) is 5.92 Å². The predicted octanol–water partition coefficient (Wildman–Crippen LogP) is 1.67. The summed E-state index contributed by atoms with van der Waals surface area (Å²) in [6.07, 6.45) is 5.76. The second kappa shape index (κ2) is 7.02. The van der Waals surface area contributed by atoms with Crippen molar-refractivity contribution in [2.24, 2.45) is 5.92 Å². The minimum atomic E-state index is -0.206. The van der Waals surface area contributed by atoms with Crippen molar-refractivity contribution in [3.63, 3.8) is 0 Å². The molecule has 1 amide bonds. The largest absolute Gasteiger partial charge is 0.396 e. The molecule has 2 aromatic rings. The number of nitrogens with zero attached hydrogens (tertiary/aromatic N) is 3. The lowest BCUT2D eigenvalue weighted by Gasteiger charge is -2.30. The van der Waals surface area contributed by atoms with Crippen LogP contribution in [0.3, 0.4) is 0 Å². The van der Waals surface area contributed by atoms with Gasteiger partial charge in [-0.3, -0.25) is 4.79 Å². The van der Waals surface area contributed by atoms with Gasteiger partial charge in [-0.05, 0) is 24.3 Å². The Morgan fingerprint density at radius 2 is 2.32 bits per heavy atom. The van der Waals surface area contributed by atoms with Gasteiger partial charge in [-0.25, -0.2) is 4.68 Å². The molecule has 1 aliphatic carbocycles. The standard InChI is InChI=1S/C15H20N4O2S/c20-10-11-4-1-2-6-13(11)16-15(21)14-9-19(18-17-14)8-12-5-3-7-22-12/h3,5,7,9,11,13,20H,1-2,4,6,8,10H2,(H,16,21). The van der Waals surface area contributed by atoms with Gasteiger partial charge in [-0.15, -0.1) is 16.4 Å². The number of nitrogens with one attached hydrogen (secondary N) is 1. The van der Waals surface area contributed by atoms with Crippen LogP contribution >= 0.6 is 11.3 Å². The van der Waals surface area contributed by atoms with E-state index < -0.39 is 0 Å². The molecule has 0 bridgehead atoms. The molecule has 7 heteroatoms. The number of hydrogen-bond acceptors (Lipinski definition) is 5. The normalized spacial score (nSPS) is 21.7. The first kappa shape index (κ1) is 15.2. The SMILES string of the molecule is O=C(NC1CCCCC1CO)c1cn(Cc2cccs2)nn1. The summed E-state index contributed by atoms with van der Waals surface area (Å²) >= 11 is 1.65. The fraction of sp³-hybridized carbons (Fsp3) is 0.533. The van der Waals surface area contributed by atoms with Crippen LogP contribution in [0.4, 0.5) is 0 Å². The topological polar surface area (TPSA) is 80.0 Å². The summed E-state index contributed by atoms with van der Waals surface area (Å²) in [4.78, 5) is 13.5.